The van der Waals surface area contributed by atoms with Gasteiger partial charge in [-0.3, -0.25) is 9.59 Å². The van der Waals surface area contributed by atoms with Crippen LogP contribution >= 0.6 is 0 Å². The molecule has 0 bridgehead atoms. The van der Waals surface area contributed by atoms with Crippen molar-refractivity contribution >= 4 is 27.6 Å². The molecule has 1 heterocycles. The summed E-state index contributed by atoms with van der Waals surface area (Å²) in [6, 6.07) is 6.54. The first kappa shape index (κ1) is 19.9. The van der Waals surface area contributed by atoms with Gasteiger partial charge in [0.15, 0.2) is 5.75 Å². The standard InChI is InChI=1S/C18H14F3NO5S/c1-3-28(25,26)27-14-6-4-5-12-15(14)17(24)22(16(12)23)13-8-7-11(9-10(13)2)18(19,20)21/h4-9H,3H2,1-2H3. The molecule has 0 spiro atoms. The van der Waals surface area contributed by atoms with Crippen LogP contribution in [0.3, 0.4) is 0 Å². The highest BCUT2D eigenvalue weighted by Crippen LogP contribution is 2.38. The van der Waals surface area contributed by atoms with E-state index in [1.54, 1.807) is 0 Å². The van der Waals surface area contributed by atoms with Gasteiger partial charge in [-0.1, -0.05) is 6.07 Å². The molecule has 2 aromatic rings. The molecule has 28 heavy (non-hydrogen) atoms. The number of fused-ring (bicyclic) bond motifs is 1. The monoisotopic (exact) mass is 413 g/mol. The van der Waals surface area contributed by atoms with E-state index in [2.05, 4.69) is 0 Å². The molecule has 148 valence electrons. The number of halogens is 3. The number of carbonyl (C=O) groups is 2. The minimum Gasteiger partial charge on any atom is -0.382 e. The van der Waals surface area contributed by atoms with Crippen molar-refractivity contribution in [3.8, 4) is 5.75 Å². The number of hydrogen-bond donors (Lipinski definition) is 0. The Kier molecular flexibility index (Phi) is 4.70. The Morgan fingerprint density at radius 1 is 1.07 bits per heavy atom. The molecule has 0 aromatic heterocycles. The molecule has 0 fully saturated rings. The average molecular weight is 413 g/mol. The number of rotatable bonds is 4. The van der Waals surface area contributed by atoms with Crippen LogP contribution in [0.1, 0.15) is 38.8 Å². The quantitative estimate of drug-likeness (QED) is 0.566. The van der Waals surface area contributed by atoms with E-state index in [-0.39, 0.29) is 33.9 Å². The van der Waals surface area contributed by atoms with E-state index in [1.165, 1.54) is 32.0 Å². The summed E-state index contributed by atoms with van der Waals surface area (Å²) >= 11 is 0. The highest BCUT2D eigenvalue weighted by atomic mass is 32.2. The second-order valence-electron chi connectivity index (χ2n) is 6.05. The van der Waals surface area contributed by atoms with Crippen molar-refractivity contribution in [2.24, 2.45) is 0 Å². The lowest BCUT2D eigenvalue weighted by atomic mass is 10.1. The number of imide groups is 1. The van der Waals surface area contributed by atoms with Gasteiger partial charge in [-0.15, -0.1) is 0 Å². The minimum atomic E-state index is -4.57. The molecule has 1 aliphatic heterocycles. The number of aryl methyl sites for hydroxylation is 1. The highest BCUT2D eigenvalue weighted by Gasteiger charge is 2.41. The van der Waals surface area contributed by atoms with Crippen LogP contribution in [0.5, 0.6) is 5.75 Å². The maximum absolute atomic E-state index is 12.9. The van der Waals surface area contributed by atoms with E-state index >= 15 is 0 Å². The Balaban J connectivity index is 2.07. The fourth-order valence-corrected chi connectivity index (χ4v) is 3.35. The van der Waals surface area contributed by atoms with Gasteiger partial charge in [-0.25, -0.2) is 4.90 Å². The van der Waals surface area contributed by atoms with Crippen LogP contribution in [0.15, 0.2) is 36.4 Å². The molecule has 0 saturated heterocycles. The first-order valence-corrected chi connectivity index (χ1v) is 9.66. The second-order valence-corrected chi connectivity index (χ2v) is 7.91. The summed E-state index contributed by atoms with van der Waals surface area (Å²) in [5, 5.41) is 0. The highest BCUT2D eigenvalue weighted by molar-refractivity contribution is 7.87. The smallest absolute Gasteiger partial charge is 0.382 e. The molecule has 6 nitrogen and oxygen atoms in total. The molecule has 0 atom stereocenters. The van der Waals surface area contributed by atoms with Gasteiger partial charge in [0.05, 0.1) is 28.1 Å². The third-order valence-electron chi connectivity index (χ3n) is 4.21. The number of anilines is 1. The molecule has 0 unspecified atom stereocenters. The summed E-state index contributed by atoms with van der Waals surface area (Å²) in [5.41, 5.74) is -1.21. The van der Waals surface area contributed by atoms with Crippen LogP contribution in [0.2, 0.25) is 0 Å². The number of benzene rings is 2. The van der Waals surface area contributed by atoms with Crippen molar-refractivity contribution in [3.05, 3.63) is 58.7 Å². The van der Waals surface area contributed by atoms with Crippen molar-refractivity contribution < 1.29 is 35.4 Å². The zero-order valence-electron chi connectivity index (χ0n) is 14.7. The van der Waals surface area contributed by atoms with E-state index in [4.69, 9.17) is 4.18 Å². The molecular formula is C18H14F3NO5S. The zero-order chi connectivity index (χ0) is 20.9. The lowest BCUT2D eigenvalue weighted by molar-refractivity contribution is -0.137. The summed E-state index contributed by atoms with van der Waals surface area (Å²) in [7, 11) is -3.95. The van der Waals surface area contributed by atoms with Crippen LogP contribution in [-0.2, 0) is 16.3 Å². The van der Waals surface area contributed by atoms with E-state index < -0.39 is 33.7 Å². The maximum atomic E-state index is 12.9. The van der Waals surface area contributed by atoms with Crippen molar-refractivity contribution in [2.45, 2.75) is 20.0 Å². The third-order valence-corrected chi connectivity index (χ3v) is 5.35. The number of alkyl halides is 3. The minimum absolute atomic E-state index is 0.0245. The lowest BCUT2D eigenvalue weighted by Gasteiger charge is -2.18. The molecule has 1 aliphatic rings. The lowest BCUT2D eigenvalue weighted by Crippen LogP contribution is -2.30. The summed E-state index contributed by atoms with van der Waals surface area (Å²) < 4.78 is 67.0. The second kappa shape index (κ2) is 6.62. The van der Waals surface area contributed by atoms with Crippen molar-refractivity contribution in [3.63, 3.8) is 0 Å². The Morgan fingerprint density at radius 3 is 2.32 bits per heavy atom. The van der Waals surface area contributed by atoms with Crippen molar-refractivity contribution in [2.75, 3.05) is 10.7 Å². The third kappa shape index (κ3) is 3.35. The molecule has 3 rings (SSSR count). The normalized spacial score (nSPS) is 14.4. The molecule has 0 aliphatic carbocycles. The van der Waals surface area contributed by atoms with Crippen LogP contribution in [0, 0.1) is 6.92 Å². The molecular weight excluding hydrogens is 399 g/mol. The fourth-order valence-electron chi connectivity index (χ4n) is 2.82. The number of amides is 2. The SMILES string of the molecule is CCS(=O)(=O)Oc1cccc2c1C(=O)N(c1ccc(C(F)(F)F)cc1C)C2=O. The molecule has 0 saturated carbocycles. The Labute approximate surface area is 158 Å². The van der Waals surface area contributed by atoms with E-state index in [0.717, 1.165) is 18.2 Å². The zero-order valence-corrected chi connectivity index (χ0v) is 15.5. The predicted molar refractivity (Wildman–Crippen MR) is 93.9 cm³/mol. The largest absolute Gasteiger partial charge is 0.416 e. The molecule has 0 N–H and O–H groups in total. The predicted octanol–water partition coefficient (Wildman–Crippen LogP) is 3.54. The summed E-state index contributed by atoms with van der Waals surface area (Å²) in [5.74, 6) is -2.29. The van der Waals surface area contributed by atoms with Crippen LogP contribution in [0.25, 0.3) is 0 Å². The summed E-state index contributed by atoms with van der Waals surface area (Å²) in [6.45, 7) is 2.69. The van der Waals surface area contributed by atoms with E-state index in [1.807, 2.05) is 0 Å². The Hall–Kier alpha value is -2.88. The molecule has 2 aromatic carbocycles. The fraction of sp³-hybridized carbons (Fsp3) is 0.222. The van der Waals surface area contributed by atoms with E-state index in [9.17, 15) is 31.2 Å². The Bertz CT molecular complexity index is 1090. The van der Waals surface area contributed by atoms with Gasteiger partial charge < -0.3 is 4.18 Å². The van der Waals surface area contributed by atoms with Gasteiger partial charge in [0.25, 0.3) is 11.8 Å². The maximum Gasteiger partial charge on any atom is 0.416 e. The average Bonchev–Trinajstić information content (AvgIpc) is 2.86. The van der Waals surface area contributed by atoms with Gasteiger partial charge in [0.2, 0.25) is 0 Å². The van der Waals surface area contributed by atoms with Gasteiger partial charge in [0, 0.05) is 0 Å². The number of carbonyl (C=O) groups excluding carboxylic acids is 2. The molecule has 2 amide bonds. The molecule has 10 heteroatoms. The number of hydrogen-bond acceptors (Lipinski definition) is 5. The van der Waals surface area contributed by atoms with Crippen LogP contribution < -0.4 is 9.08 Å². The van der Waals surface area contributed by atoms with Gasteiger partial charge in [0.1, 0.15) is 0 Å². The molecule has 0 radical (unpaired) electrons. The van der Waals surface area contributed by atoms with Crippen LogP contribution in [-0.4, -0.2) is 26.0 Å². The topological polar surface area (TPSA) is 80.8 Å². The van der Waals surface area contributed by atoms with Crippen molar-refractivity contribution in [1.82, 2.24) is 0 Å². The van der Waals surface area contributed by atoms with Gasteiger partial charge >= 0.3 is 16.3 Å². The van der Waals surface area contributed by atoms with E-state index in [0.29, 0.717) is 4.90 Å². The van der Waals surface area contributed by atoms with Crippen molar-refractivity contribution in [1.29, 1.82) is 0 Å². The Morgan fingerprint density at radius 2 is 1.75 bits per heavy atom. The number of nitrogens with zero attached hydrogens (tertiary/aromatic N) is 1. The van der Waals surface area contributed by atoms with Crippen LogP contribution in [0.4, 0.5) is 18.9 Å². The van der Waals surface area contributed by atoms with Gasteiger partial charge in [-0.2, -0.15) is 21.6 Å². The summed E-state index contributed by atoms with van der Waals surface area (Å²) in [6.07, 6.45) is -4.57. The van der Waals surface area contributed by atoms with Gasteiger partial charge in [-0.05, 0) is 49.7 Å². The summed E-state index contributed by atoms with van der Waals surface area (Å²) in [4.78, 5) is 26.3. The first-order valence-electron chi connectivity index (χ1n) is 8.08. The first-order chi connectivity index (χ1) is 13.0.